The Balaban J connectivity index is 1.74. The molecule has 0 spiro atoms. The Morgan fingerprint density at radius 2 is 2.19 bits per heavy atom. The quantitative estimate of drug-likeness (QED) is 0.283. The average Bonchev–Trinajstić information content (AvgIpc) is 2.61. The molecule has 1 amide bonds. The van der Waals surface area contributed by atoms with Crippen LogP contribution in [0, 0.1) is 8.98 Å². The molecule has 1 saturated carbocycles. The lowest BCUT2D eigenvalue weighted by Crippen LogP contribution is -2.61. The first-order valence-corrected chi connectivity index (χ1v) is 10.5. The van der Waals surface area contributed by atoms with Crippen LogP contribution in [0.4, 0.5) is 0 Å². The summed E-state index contributed by atoms with van der Waals surface area (Å²) < 4.78 is 12.0. The second-order valence-electron chi connectivity index (χ2n) is 6.15. The number of halogens is 1. The van der Waals surface area contributed by atoms with Gasteiger partial charge >= 0.3 is 0 Å². The lowest BCUT2D eigenvalue weighted by Gasteiger charge is -2.41. The highest BCUT2D eigenvalue weighted by Gasteiger charge is 2.45. The molecule has 1 aliphatic rings. The van der Waals surface area contributed by atoms with Crippen molar-refractivity contribution in [3.8, 4) is 5.75 Å². The van der Waals surface area contributed by atoms with Gasteiger partial charge in [-0.1, -0.05) is 0 Å². The normalized spacial score (nSPS) is 16.4. The number of carbonyl (C=O) groups is 1. The fourth-order valence-corrected chi connectivity index (χ4v) is 3.87. The number of benzene rings is 1. The average molecular weight is 485 g/mol. The summed E-state index contributed by atoms with van der Waals surface area (Å²) in [7, 11) is 1.46. The number of amides is 1. The van der Waals surface area contributed by atoms with Gasteiger partial charge < -0.3 is 14.8 Å². The molecule has 1 aromatic heterocycles. The SMILES string of the molecule is COC(=N)C1(NC(=O)C(Oc2ccc3ncc(I)cc3c2)SC)CCC1. The zero-order valence-corrected chi connectivity index (χ0v) is 17.5. The van der Waals surface area contributed by atoms with Crippen molar-refractivity contribution in [2.75, 3.05) is 13.4 Å². The van der Waals surface area contributed by atoms with Gasteiger partial charge in [0.05, 0.1) is 12.6 Å². The number of thioether (sulfide) groups is 1. The zero-order valence-electron chi connectivity index (χ0n) is 14.5. The highest BCUT2D eigenvalue weighted by molar-refractivity contribution is 14.1. The smallest absolute Gasteiger partial charge is 0.272 e. The van der Waals surface area contributed by atoms with E-state index in [1.54, 1.807) is 0 Å². The number of aromatic nitrogens is 1. The number of hydrogen-bond donors (Lipinski definition) is 2. The van der Waals surface area contributed by atoms with Crippen molar-refractivity contribution in [1.82, 2.24) is 10.3 Å². The molecule has 0 aliphatic heterocycles. The van der Waals surface area contributed by atoms with E-state index in [0.29, 0.717) is 18.6 Å². The minimum absolute atomic E-state index is 0.100. The van der Waals surface area contributed by atoms with Crippen LogP contribution in [-0.4, -0.2) is 41.1 Å². The van der Waals surface area contributed by atoms with Gasteiger partial charge in [-0.3, -0.25) is 15.2 Å². The molecule has 138 valence electrons. The lowest BCUT2D eigenvalue weighted by molar-refractivity contribution is -0.126. The maximum Gasteiger partial charge on any atom is 0.272 e. The standard InChI is InChI=1S/C18H20IN3O3S/c1-24-17(20)18(6-3-7-18)22-15(23)16(26-2)25-13-4-5-14-11(9-13)8-12(19)10-21-14/h4-5,8-10,16,20H,3,6-7H2,1-2H3,(H,22,23). The predicted octanol–water partition coefficient (Wildman–Crippen LogP) is 3.57. The van der Waals surface area contributed by atoms with Gasteiger partial charge in [-0.15, -0.1) is 11.8 Å². The van der Waals surface area contributed by atoms with Gasteiger partial charge in [0, 0.05) is 15.2 Å². The molecule has 1 fully saturated rings. The van der Waals surface area contributed by atoms with Gasteiger partial charge in [0.15, 0.2) is 0 Å². The largest absolute Gasteiger partial charge is 0.483 e. The maximum absolute atomic E-state index is 12.7. The van der Waals surface area contributed by atoms with Crippen molar-refractivity contribution >= 4 is 57.1 Å². The number of ether oxygens (including phenoxy) is 2. The van der Waals surface area contributed by atoms with E-state index in [0.717, 1.165) is 20.9 Å². The van der Waals surface area contributed by atoms with E-state index in [4.69, 9.17) is 14.9 Å². The molecule has 6 nitrogen and oxygen atoms in total. The molecule has 3 rings (SSSR count). The number of hydrogen-bond acceptors (Lipinski definition) is 6. The third kappa shape index (κ3) is 3.90. The topological polar surface area (TPSA) is 84.3 Å². The molecule has 1 aliphatic carbocycles. The third-order valence-electron chi connectivity index (χ3n) is 4.50. The summed E-state index contributed by atoms with van der Waals surface area (Å²) in [6, 6.07) is 7.60. The van der Waals surface area contributed by atoms with E-state index in [2.05, 4.69) is 32.9 Å². The van der Waals surface area contributed by atoms with Crippen molar-refractivity contribution in [1.29, 1.82) is 5.41 Å². The molecule has 1 atom stereocenters. The maximum atomic E-state index is 12.7. The summed E-state index contributed by atoms with van der Waals surface area (Å²) >= 11 is 3.53. The molecule has 0 bridgehead atoms. The number of methoxy groups -OCH3 is 1. The molecule has 1 unspecified atom stereocenters. The van der Waals surface area contributed by atoms with Crippen LogP contribution in [0.25, 0.3) is 10.9 Å². The molecule has 2 aromatic rings. The van der Waals surface area contributed by atoms with Crippen molar-refractivity contribution < 1.29 is 14.3 Å². The van der Waals surface area contributed by atoms with E-state index >= 15 is 0 Å². The summed E-state index contributed by atoms with van der Waals surface area (Å²) in [5.41, 5.74) is -0.512. The second-order valence-corrected chi connectivity index (χ2v) is 8.30. The number of rotatable bonds is 6. The summed E-state index contributed by atoms with van der Waals surface area (Å²) in [4.78, 5) is 17.1. The van der Waals surface area contributed by atoms with E-state index < -0.39 is 11.0 Å². The first-order valence-electron chi connectivity index (χ1n) is 8.17. The molecule has 1 aromatic carbocycles. The van der Waals surface area contributed by atoms with E-state index in [-0.39, 0.29) is 11.8 Å². The Morgan fingerprint density at radius 1 is 1.42 bits per heavy atom. The van der Waals surface area contributed by atoms with Crippen LogP contribution in [0.5, 0.6) is 5.75 Å². The fourth-order valence-electron chi connectivity index (χ4n) is 2.92. The fraction of sp³-hybridized carbons (Fsp3) is 0.389. The minimum atomic E-state index is -0.703. The molecular weight excluding hydrogens is 465 g/mol. The van der Waals surface area contributed by atoms with Crippen molar-refractivity contribution in [3.05, 3.63) is 34.0 Å². The number of carbonyl (C=O) groups excluding carboxylic acids is 1. The van der Waals surface area contributed by atoms with Gasteiger partial charge in [-0.25, -0.2) is 0 Å². The van der Waals surface area contributed by atoms with Crippen molar-refractivity contribution in [2.45, 2.75) is 30.2 Å². The van der Waals surface area contributed by atoms with Crippen LogP contribution in [0.2, 0.25) is 0 Å². The first kappa shape index (κ1) is 19.2. The number of nitrogens with one attached hydrogen (secondary N) is 2. The number of fused-ring (bicyclic) bond motifs is 1. The number of nitrogens with zero attached hydrogens (tertiary/aromatic N) is 1. The van der Waals surface area contributed by atoms with E-state index in [1.807, 2.05) is 36.7 Å². The van der Waals surface area contributed by atoms with Crippen LogP contribution in [0.1, 0.15) is 19.3 Å². The summed E-state index contributed by atoms with van der Waals surface area (Å²) in [6.07, 6.45) is 6.03. The third-order valence-corrected chi connectivity index (χ3v) is 5.83. The molecule has 26 heavy (non-hydrogen) atoms. The highest BCUT2D eigenvalue weighted by Crippen LogP contribution is 2.34. The van der Waals surface area contributed by atoms with Gasteiger partial charge in [-0.05, 0) is 72.4 Å². The second kappa shape index (κ2) is 7.99. The Kier molecular flexibility index (Phi) is 5.91. The van der Waals surface area contributed by atoms with Crippen LogP contribution in [-0.2, 0) is 9.53 Å². The van der Waals surface area contributed by atoms with Crippen molar-refractivity contribution in [2.24, 2.45) is 0 Å². The van der Waals surface area contributed by atoms with Crippen LogP contribution >= 0.6 is 34.4 Å². The highest BCUT2D eigenvalue weighted by atomic mass is 127. The Bertz CT molecular complexity index is 842. The predicted molar refractivity (Wildman–Crippen MR) is 112 cm³/mol. The number of pyridine rings is 1. The van der Waals surface area contributed by atoms with Gasteiger partial charge in [0.1, 0.15) is 11.3 Å². The van der Waals surface area contributed by atoms with E-state index in [9.17, 15) is 4.79 Å². The van der Waals surface area contributed by atoms with Crippen molar-refractivity contribution in [3.63, 3.8) is 0 Å². The van der Waals surface area contributed by atoms with Gasteiger partial charge in [0.25, 0.3) is 5.91 Å². The lowest BCUT2D eigenvalue weighted by atomic mass is 9.76. The zero-order chi connectivity index (χ0) is 18.7. The summed E-state index contributed by atoms with van der Waals surface area (Å²) in [5, 5.41) is 11.9. The van der Waals surface area contributed by atoms with E-state index in [1.165, 1.54) is 18.9 Å². The van der Waals surface area contributed by atoms with Crippen LogP contribution in [0.15, 0.2) is 30.5 Å². The van der Waals surface area contributed by atoms with Gasteiger partial charge in [0.2, 0.25) is 11.3 Å². The Morgan fingerprint density at radius 3 is 2.81 bits per heavy atom. The van der Waals surface area contributed by atoms with Gasteiger partial charge in [-0.2, -0.15) is 0 Å². The molecule has 0 saturated heterocycles. The molecule has 2 N–H and O–H groups in total. The molecular formula is C18H20IN3O3S. The van der Waals surface area contributed by atoms with Crippen LogP contribution in [0.3, 0.4) is 0 Å². The molecule has 1 heterocycles. The molecule has 8 heteroatoms. The summed E-state index contributed by atoms with van der Waals surface area (Å²) in [6.45, 7) is 0. The first-order chi connectivity index (χ1) is 12.5. The summed E-state index contributed by atoms with van der Waals surface area (Å²) in [5.74, 6) is 0.462. The Hall–Kier alpha value is -1.55. The minimum Gasteiger partial charge on any atom is -0.483 e. The molecule has 0 radical (unpaired) electrons. The monoisotopic (exact) mass is 485 g/mol. The van der Waals surface area contributed by atoms with Crippen LogP contribution < -0.4 is 10.1 Å². The Labute approximate surface area is 170 Å².